The van der Waals surface area contributed by atoms with Crippen LogP contribution in [-0.4, -0.2) is 28.6 Å². The van der Waals surface area contributed by atoms with Crippen LogP contribution in [0.4, 0.5) is 36.6 Å². The zero-order valence-electron chi connectivity index (χ0n) is 18.9. The minimum absolute atomic E-state index is 0.000296. The molecular weight excluding hydrogens is 535 g/mol. The highest BCUT2D eigenvalue weighted by molar-refractivity contribution is 6.31. The first kappa shape index (κ1) is 26.6. The molecule has 1 fully saturated rings. The molecule has 4 rings (SSSR count). The molecule has 3 aromatic rings. The van der Waals surface area contributed by atoms with E-state index in [2.05, 4.69) is 4.98 Å². The summed E-state index contributed by atoms with van der Waals surface area (Å²) in [6.45, 7) is -1.07. The molecule has 198 valence electrons. The number of aromatic nitrogens is 2. The number of anilines is 1. The van der Waals surface area contributed by atoms with Gasteiger partial charge in [-0.25, -0.2) is 22.4 Å². The van der Waals surface area contributed by atoms with Gasteiger partial charge in [0, 0.05) is 26.1 Å². The van der Waals surface area contributed by atoms with Gasteiger partial charge in [-0.05, 0) is 35.9 Å². The first-order valence-electron chi connectivity index (χ1n) is 10.6. The fraction of sp³-hybridized carbons (Fsp3) is 0.304. The quantitative estimate of drug-likeness (QED) is 0.355. The number of alkyl halides is 5. The minimum Gasteiger partial charge on any atom is -0.473 e. The third-order valence-electron chi connectivity index (χ3n) is 5.49. The summed E-state index contributed by atoms with van der Waals surface area (Å²) in [7, 11) is 1.35. The topological polar surface area (TPSA) is 56.6 Å². The lowest BCUT2D eigenvalue weighted by atomic mass is 10.2. The maximum Gasteiger partial charge on any atom is 0.417 e. The molecule has 0 amide bonds. The van der Waals surface area contributed by atoms with Crippen molar-refractivity contribution in [3.05, 3.63) is 74.7 Å². The second kappa shape index (κ2) is 9.77. The van der Waals surface area contributed by atoms with Crippen LogP contribution in [0.25, 0.3) is 0 Å². The Morgan fingerprint density at radius 2 is 1.78 bits per heavy atom. The molecule has 0 saturated carbocycles. The lowest BCUT2D eigenvalue weighted by molar-refractivity contribution is -0.137. The Morgan fingerprint density at radius 3 is 2.38 bits per heavy atom. The van der Waals surface area contributed by atoms with Gasteiger partial charge in [0.25, 0.3) is 5.92 Å². The van der Waals surface area contributed by atoms with Gasteiger partial charge in [0.05, 0.1) is 17.1 Å². The molecule has 0 N–H and O–H groups in total. The van der Waals surface area contributed by atoms with Crippen molar-refractivity contribution < 1.29 is 40.2 Å². The molecule has 1 saturated heterocycles. The van der Waals surface area contributed by atoms with E-state index in [9.17, 15) is 35.5 Å². The summed E-state index contributed by atoms with van der Waals surface area (Å²) >= 11 is 5.53. The highest BCUT2D eigenvalue weighted by Gasteiger charge is 2.39. The summed E-state index contributed by atoms with van der Waals surface area (Å²) in [4.78, 5) is 17.1. The molecule has 1 aliphatic heterocycles. The van der Waals surface area contributed by atoms with Crippen molar-refractivity contribution in [1.29, 1.82) is 0 Å². The van der Waals surface area contributed by atoms with Gasteiger partial charge >= 0.3 is 11.9 Å². The van der Waals surface area contributed by atoms with E-state index in [1.807, 2.05) is 0 Å². The summed E-state index contributed by atoms with van der Waals surface area (Å²) in [6, 6.07) is 5.30. The average molecular weight is 552 g/mol. The second-order valence-corrected chi connectivity index (χ2v) is 8.65. The Labute approximate surface area is 209 Å². The van der Waals surface area contributed by atoms with Crippen molar-refractivity contribution in [2.45, 2.75) is 25.1 Å². The van der Waals surface area contributed by atoms with Crippen molar-refractivity contribution in [2.24, 2.45) is 7.05 Å². The van der Waals surface area contributed by atoms with Crippen molar-refractivity contribution >= 4 is 17.4 Å². The van der Waals surface area contributed by atoms with Crippen LogP contribution in [0.5, 0.6) is 17.4 Å². The van der Waals surface area contributed by atoms with Crippen LogP contribution in [0.2, 0.25) is 5.02 Å². The molecule has 0 bridgehead atoms. The Balaban J connectivity index is 1.51. The smallest absolute Gasteiger partial charge is 0.417 e. The van der Waals surface area contributed by atoms with E-state index in [-0.39, 0.29) is 30.2 Å². The van der Waals surface area contributed by atoms with Crippen LogP contribution in [0.15, 0.2) is 41.2 Å². The van der Waals surface area contributed by atoms with Gasteiger partial charge in [-0.3, -0.25) is 4.57 Å². The number of hydrogen-bond acceptors (Lipinski definition) is 5. The molecule has 0 aliphatic carbocycles. The van der Waals surface area contributed by atoms with Crippen LogP contribution in [0.3, 0.4) is 0 Å². The number of nitrogens with zero attached hydrogens (tertiary/aromatic N) is 3. The molecule has 2 aromatic carbocycles. The average Bonchev–Trinajstić information content (AvgIpc) is 3.16. The third kappa shape index (κ3) is 5.92. The molecule has 0 atom stereocenters. The number of rotatable bonds is 6. The van der Waals surface area contributed by atoms with Crippen LogP contribution in [0, 0.1) is 11.6 Å². The normalized spacial score (nSPS) is 15.2. The van der Waals surface area contributed by atoms with Gasteiger partial charge in [0.1, 0.15) is 18.2 Å². The van der Waals surface area contributed by atoms with Crippen LogP contribution < -0.4 is 20.1 Å². The van der Waals surface area contributed by atoms with E-state index in [4.69, 9.17) is 21.1 Å². The molecule has 0 radical (unpaired) electrons. The van der Waals surface area contributed by atoms with Gasteiger partial charge < -0.3 is 14.4 Å². The zero-order valence-corrected chi connectivity index (χ0v) is 19.6. The molecule has 2 heterocycles. The Bertz CT molecular complexity index is 1370. The number of hydrogen-bond donors (Lipinski definition) is 0. The molecular formula is C23H17ClF7N3O3. The Morgan fingerprint density at radius 1 is 1.11 bits per heavy atom. The van der Waals surface area contributed by atoms with E-state index >= 15 is 0 Å². The maximum atomic E-state index is 14.6. The van der Waals surface area contributed by atoms with Crippen LogP contribution in [0.1, 0.15) is 17.5 Å². The summed E-state index contributed by atoms with van der Waals surface area (Å²) in [5.41, 5.74) is -2.09. The number of halogens is 8. The zero-order chi connectivity index (χ0) is 27.1. The van der Waals surface area contributed by atoms with Gasteiger partial charge in [0.15, 0.2) is 17.4 Å². The third-order valence-corrected chi connectivity index (χ3v) is 5.82. The predicted molar refractivity (Wildman–Crippen MR) is 118 cm³/mol. The minimum atomic E-state index is -4.81. The van der Waals surface area contributed by atoms with Crippen LogP contribution >= 0.6 is 11.6 Å². The summed E-state index contributed by atoms with van der Waals surface area (Å²) in [6.07, 6.45) is -5.20. The maximum absolute atomic E-state index is 14.6. The molecule has 1 aromatic heterocycles. The fourth-order valence-electron chi connectivity index (χ4n) is 3.67. The van der Waals surface area contributed by atoms with Gasteiger partial charge in [-0.15, -0.1) is 0 Å². The largest absolute Gasteiger partial charge is 0.473 e. The first-order valence-corrected chi connectivity index (χ1v) is 11.0. The number of benzene rings is 2. The van der Waals surface area contributed by atoms with Gasteiger partial charge in [-0.1, -0.05) is 11.6 Å². The number of ether oxygens (including phenoxy) is 2. The molecule has 1 aliphatic rings. The van der Waals surface area contributed by atoms with Gasteiger partial charge in [0.2, 0.25) is 5.88 Å². The summed E-state index contributed by atoms with van der Waals surface area (Å²) in [5, 5.41) is -0.612. The summed E-state index contributed by atoms with van der Waals surface area (Å²) < 4.78 is 107. The van der Waals surface area contributed by atoms with Gasteiger partial charge in [-0.2, -0.15) is 18.2 Å². The Kier molecular flexibility index (Phi) is 7.01. The van der Waals surface area contributed by atoms with E-state index < -0.39 is 64.7 Å². The fourth-order valence-corrected chi connectivity index (χ4v) is 3.89. The van der Waals surface area contributed by atoms with E-state index in [0.717, 1.165) is 28.8 Å². The van der Waals surface area contributed by atoms with Crippen LogP contribution in [-0.2, 0) is 19.8 Å². The van der Waals surface area contributed by atoms with Crippen molar-refractivity contribution in [1.82, 2.24) is 9.55 Å². The standard InChI is InChI=1S/C23H17ClF7N3O3/c1-33-19(34-5-4-22(27,28)11-34)9-18(32-21(33)35)36-10-12-6-16(25)20(17(26)7-12)37-13-2-3-15(24)14(8-13)23(29,30)31/h2-3,6-9H,4-5,10-11H2,1H3. The van der Waals surface area contributed by atoms with E-state index in [1.165, 1.54) is 18.0 Å². The van der Waals surface area contributed by atoms with Crippen molar-refractivity contribution in [2.75, 3.05) is 18.0 Å². The molecule has 6 nitrogen and oxygen atoms in total. The highest BCUT2D eigenvalue weighted by atomic mass is 35.5. The lowest BCUT2D eigenvalue weighted by Gasteiger charge is -2.21. The molecule has 0 unspecified atom stereocenters. The summed E-state index contributed by atoms with van der Waals surface area (Å²) in [5.74, 6) is -6.96. The first-order chi connectivity index (χ1) is 17.2. The SMILES string of the molecule is Cn1c(N2CCC(F)(F)C2)cc(OCc2cc(F)c(Oc3ccc(Cl)c(C(F)(F)F)c3)c(F)c2)nc1=O. The monoisotopic (exact) mass is 551 g/mol. The Hall–Kier alpha value is -3.48. The predicted octanol–water partition coefficient (Wildman–Crippen LogP) is 5.95. The molecule has 14 heteroatoms. The van der Waals surface area contributed by atoms with Crippen molar-refractivity contribution in [3.63, 3.8) is 0 Å². The molecule has 0 spiro atoms. The second-order valence-electron chi connectivity index (χ2n) is 8.24. The highest BCUT2D eigenvalue weighted by Crippen LogP contribution is 2.38. The van der Waals surface area contributed by atoms with E-state index in [1.54, 1.807) is 0 Å². The lowest BCUT2D eigenvalue weighted by Crippen LogP contribution is -2.32. The van der Waals surface area contributed by atoms with E-state index in [0.29, 0.717) is 6.07 Å². The van der Waals surface area contributed by atoms with Crippen molar-refractivity contribution in [3.8, 4) is 17.4 Å². The molecule has 37 heavy (non-hydrogen) atoms.